The van der Waals surface area contributed by atoms with Gasteiger partial charge in [0.25, 0.3) is 0 Å². The molecule has 0 saturated heterocycles. The summed E-state index contributed by atoms with van der Waals surface area (Å²) in [7, 11) is 0. The van der Waals surface area contributed by atoms with Crippen LogP contribution in [0.25, 0.3) is 0 Å². The average Bonchev–Trinajstić information content (AvgIpc) is 2.98. The number of aliphatic carboxylic acids is 2. The number of halogens is 3. The van der Waals surface area contributed by atoms with Crippen LogP contribution in [-0.4, -0.2) is 69.1 Å². The molecule has 224 valence electrons. The second-order valence-corrected chi connectivity index (χ2v) is 10.1. The Kier molecular flexibility index (Phi) is 12.4. The van der Waals surface area contributed by atoms with E-state index in [2.05, 4.69) is 11.0 Å². The molecular weight excluding hydrogens is 572 g/mol. The minimum Gasteiger partial charge on any atom is -0.479 e. The van der Waals surface area contributed by atoms with Gasteiger partial charge in [-0.1, -0.05) is 35.9 Å². The van der Waals surface area contributed by atoms with Gasteiger partial charge < -0.3 is 25.2 Å². The van der Waals surface area contributed by atoms with E-state index in [1.807, 2.05) is 48.5 Å². The van der Waals surface area contributed by atoms with Gasteiger partial charge in [-0.15, -0.1) is 0 Å². The lowest BCUT2D eigenvalue weighted by Crippen LogP contribution is -2.39. The monoisotopic (exact) mass is 603 g/mol. The SMILES string of the molecule is Fc1ccc(C(CCCN2CC=C(Oc3ccc(Cl)cc3)CC2)c2ccc(F)cc2)cc1.O=C(O)C(O)C(O)C(=O)O. The number of ether oxygens (including phenoxy) is 1. The number of aliphatic hydroxyl groups is 2. The highest BCUT2D eigenvalue weighted by Crippen LogP contribution is 2.30. The van der Waals surface area contributed by atoms with Gasteiger partial charge >= 0.3 is 11.9 Å². The number of nitrogens with zero attached hydrogens (tertiary/aromatic N) is 1. The standard InChI is InChI=1S/C27H26ClF2NO.C4H6O6/c28-22-7-13-25(14-8-22)32-26-15-18-31(19-16-26)17-1-2-27(20-3-9-23(29)10-4-20)21-5-11-24(30)12-6-21;5-1(3(7)8)2(6)4(9)10/h3-15,27H,1-2,16-19H2;1-2,5-6H,(H,7,8)(H,9,10). The van der Waals surface area contributed by atoms with Gasteiger partial charge in [0, 0.05) is 30.5 Å². The summed E-state index contributed by atoms with van der Waals surface area (Å²) in [5, 5.41) is 33.2. The van der Waals surface area contributed by atoms with E-state index in [1.54, 1.807) is 0 Å². The molecule has 0 fully saturated rings. The molecule has 4 rings (SSSR count). The van der Waals surface area contributed by atoms with Crippen molar-refractivity contribution in [2.45, 2.75) is 37.4 Å². The van der Waals surface area contributed by atoms with E-state index in [0.29, 0.717) is 5.02 Å². The van der Waals surface area contributed by atoms with Crippen molar-refractivity contribution >= 4 is 23.5 Å². The zero-order chi connectivity index (χ0) is 30.6. The van der Waals surface area contributed by atoms with Crippen LogP contribution in [0.1, 0.15) is 36.3 Å². The average molecular weight is 604 g/mol. The fraction of sp³-hybridized carbons (Fsp3) is 0.290. The van der Waals surface area contributed by atoms with Crippen LogP contribution in [0.4, 0.5) is 8.78 Å². The summed E-state index contributed by atoms with van der Waals surface area (Å²) in [6.45, 7) is 2.75. The zero-order valence-electron chi connectivity index (χ0n) is 22.6. The van der Waals surface area contributed by atoms with Crippen LogP contribution in [-0.2, 0) is 9.59 Å². The number of carboxylic acid groups (broad SMARTS) is 2. The number of carbonyl (C=O) groups is 2. The maximum Gasteiger partial charge on any atom is 0.335 e. The first kappa shape index (κ1) is 32.7. The van der Waals surface area contributed by atoms with Gasteiger partial charge in [-0.2, -0.15) is 0 Å². The van der Waals surface area contributed by atoms with Gasteiger partial charge in [0.15, 0.2) is 12.2 Å². The number of benzene rings is 3. The predicted octanol–water partition coefficient (Wildman–Crippen LogP) is 5.08. The van der Waals surface area contributed by atoms with Crippen molar-refractivity contribution in [1.29, 1.82) is 0 Å². The molecule has 0 amide bonds. The lowest BCUT2D eigenvalue weighted by Gasteiger charge is -2.27. The molecule has 0 radical (unpaired) electrons. The van der Waals surface area contributed by atoms with E-state index in [9.17, 15) is 18.4 Å². The molecule has 42 heavy (non-hydrogen) atoms. The maximum atomic E-state index is 13.4. The van der Waals surface area contributed by atoms with Gasteiger partial charge in [-0.3, -0.25) is 4.90 Å². The molecule has 1 aliphatic heterocycles. The third kappa shape index (κ3) is 10.2. The summed E-state index contributed by atoms with van der Waals surface area (Å²) in [5.74, 6) is -2.13. The Hall–Kier alpha value is -3.83. The lowest BCUT2D eigenvalue weighted by molar-refractivity contribution is -0.165. The minimum atomic E-state index is -2.27. The number of carboxylic acids is 2. The van der Waals surface area contributed by atoms with Crippen LogP contribution in [0.3, 0.4) is 0 Å². The van der Waals surface area contributed by atoms with Crippen LogP contribution in [0.15, 0.2) is 84.6 Å². The molecule has 2 unspecified atom stereocenters. The fourth-order valence-corrected chi connectivity index (χ4v) is 4.47. The zero-order valence-corrected chi connectivity index (χ0v) is 23.3. The summed E-state index contributed by atoms with van der Waals surface area (Å²) in [4.78, 5) is 21.9. The van der Waals surface area contributed by atoms with Crippen molar-refractivity contribution in [1.82, 2.24) is 4.90 Å². The molecule has 0 aliphatic carbocycles. The first-order chi connectivity index (χ1) is 20.0. The van der Waals surface area contributed by atoms with E-state index in [4.69, 9.17) is 36.8 Å². The van der Waals surface area contributed by atoms with E-state index in [0.717, 1.165) is 61.5 Å². The van der Waals surface area contributed by atoms with Gasteiger partial charge in [0.2, 0.25) is 0 Å². The van der Waals surface area contributed by atoms with Crippen LogP contribution in [0.5, 0.6) is 5.75 Å². The number of rotatable bonds is 11. The van der Waals surface area contributed by atoms with E-state index >= 15 is 0 Å². The summed E-state index contributed by atoms with van der Waals surface area (Å²) in [6, 6.07) is 20.7. The highest BCUT2D eigenvalue weighted by atomic mass is 35.5. The number of hydrogen-bond acceptors (Lipinski definition) is 6. The van der Waals surface area contributed by atoms with Crippen molar-refractivity contribution in [3.05, 3.63) is 112 Å². The molecule has 3 aromatic rings. The molecule has 11 heteroatoms. The summed E-state index contributed by atoms with van der Waals surface area (Å²) < 4.78 is 32.8. The molecule has 1 heterocycles. The second-order valence-electron chi connectivity index (χ2n) is 9.64. The quantitative estimate of drug-likeness (QED) is 0.239. The Balaban J connectivity index is 0.000000416. The normalized spacial score (nSPS) is 14.8. The third-order valence-electron chi connectivity index (χ3n) is 6.63. The third-order valence-corrected chi connectivity index (χ3v) is 6.88. The Morgan fingerprint density at radius 3 is 1.76 bits per heavy atom. The number of hydrogen-bond donors (Lipinski definition) is 4. The molecule has 0 aromatic heterocycles. The fourth-order valence-electron chi connectivity index (χ4n) is 4.35. The van der Waals surface area contributed by atoms with Gasteiger partial charge in [-0.05, 0) is 85.1 Å². The Morgan fingerprint density at radius 2 is 1.33 bits per heavy atom. The molecule has 3 aromatic carbocycles. The highest BCUT2D eigenvalue weighted by molar-refractivity contribution is 6.30. The molecule has 0 spiro atoms. The topological polar surface area (TPSA) is 128 Å². The summed E-state index contributed by atoms with van der Waals surface area (Å²) in [6.07, 6.45) is 0.360. The maximum absolute atomic E-state index is 13.4. The van der Waals surface area contributed by atoms with E-state index in [1.165, 1.54) is 24.3 Å². The largest absolute Gasteiger partial charge is 0.479 e. The van der Waals surface area contributed by atoms with Gasteiger partial charge in [0.05, 0.1) is 0 Å². The molecule has 2 atom stereocenters. The molecule has 0 bridgehead atoms. The molecule has 4 N–H and O–H groups in total. The second kappa shape index (κ2) is 16.0. The first-order valence-electron chi connectivity index (χ1n) is 13.2. The molecule has 8 nitrogen and oxygen atoms in total. The van der Waals surface area contributed by atoms with Crippen molar-refractivity contribution < 1.29 is 43.5 Å². The Labute approximate surface area is 247 Å². The van der Waals surface area contributed by atoms with Crippen LogP contribution in [0, 0.1) is 11.6 Å². The van der Waals surface area contributed by atoms with Crippen LogP contribution >= 0.6 is 11.6 Å². The summed E-state index contributed by atoms with van der Waals surface area (Å²) in [5.41, 5.74) is 2.10. The van der Waals surface area contributed by atoms with Crippen LogP contribution < -0.4 is 4.74 Å². The minimum absolute atomic E-state index is 0.111. The number of aliphatic hydroxyl groups excluding tert-OH is 2. The van der Waals surface area contributed by atoms with Crippen molar-refractivity contribution in [3.63, 3.8) is 0 Å². The van der Waals surface area contributed by atoms with Crippen molar-refractivity contribution in [2.75, 3.05) is 19.6 Å². The lowest BCUT2D eigenvalue weighted by atomic mass is 9.87. The highest BCUT2D eigenvalue weighted by Gasteiger charge is 2.29. The molecule has 1 aliphatic rings. The first-order valence-corrected chi connectivity index (χ1v) is 13.6. The smallest absolute Gasteiger partial charge is 0.335 e. The molecular formula is C31H32ClF2NO7. The van der Waals surface area contributed by atoms with Crippen molar-refractivity contribution in [3.8, 4) is 5.75 Å². The Bertz CT molecular complexity index is 1270. The molecule has 0 saturated carbocycles. The van der Waals surface area contributed by atoms with Gasteiger partial charge in [0.1, 0.15) is 23.1 Å². The van der Waals surface area contributed by atoms with Crippen molar-refractivity contribution in [2.24, 2.45) is 0 Å². The van der Waals surface area contributed by atoms with Gasteiger partial charge in [-0.25, -0.2) is 18.4 Å². The van der Waals surface area contributed by atoms with E-state index in [-0.39, 0.29) is 17.6 Å². The predicted molar refractivity (Wildman–Crippen MR) is 152 cm³/mol. The van der Waals surface area contributed by atoms with Crippen LogP contribution in [0.2, 0.25) is 5.02 Å². The summed E-state index contributed by atoms with van der Waals surface area (Å²) >= 11 is 5.93. The Morgan fingerprint density at radius 1 is 0.833 bits per heavy atom. The van der Waals surface area contributed by atoms with E-state index < -0.39 is 24.1 Å².